The summed E-state index contributed by atoms with van der Waals surface area (Å²) in [4.78, 5) is 0. The molecule has 0 radical (unpaired) electrons. The Hall–Kier alpha value is -0.300. The summed E-state index contributed by atoms with van der Waals surface area (Å²) in [5, 5.41) is 0. The zero-order chi connectivity index (χ0) is 6.85. The number of hydrogen-bond acceptors (Lipinski definition) is 1. The standard InChI is InChI=1S/C8H14O/c1-6-4-5-9-8(3)7(6)2/h4,7-8H,5H2,1-3H3/t7-,8-/m0/s1. The van der Waals surface area contributed by atoms with E-state index in [0.717, 1.165) is 6.61 Å². The first-order chi connectivity index (χ1) is 4.22. The number of ether oxygens (including phenoxy) is 1. The summed E-state index contributed by atoms with van der Waals surface area (Å²) in [6.07, 6.45) is 2.57. The predicted molar refractivity (Wildman–Crippen MR) is 38.3 cm³/mol. The van der Waals surface area contributed by atoms with Crippen LogP contribution in [-0.4, -0.2) is 12.7 Å². The third kappa shape index (κ3) is 1.33. The molecule has 0 aromatic rings. The van der Waals surface area contributed by atoms with Crippen molar-refractivity contribution in [3.8, 4) is 0 Å². The van der Waals surface area contributed by atoms with Gasteiger partial charge in [-0.2, -0.15) is 0 Å². The van der Waals surface area contributed by atoms with E-state index in [9.17, 15) is 0 Å². The van der Waals surface area contributed by atoms with Crippen LogP contribution in [0.25, 0.3) is 0 Å². The minimum atomic E-state index is 0.412. The maximum Gasteiger partial charge on any atom is 0.0654 e. The van der Waals surface area contributed by atoms with Gasteiger partial charge in [0.1, 0.15) is 0 Å². The normalized spacial score (nSPS) is 36.1. The molecule has 1 aliphatic heterocycles. The molecule has 0 aliphatic carbocycles. The van der Waals surface area contributed by atoms with Gasteiger partial charge in [0.2, 0.25) is 0 Å². The molecule has 0 fully saturated rings. The third-order valence-electron chi connectivity index (χ3n) is 2.19. The zero-order valence-electron chi connectivity index (χ0n) is 6.35. The fraction of sp³-hybridized carbons (Fsp3) is 0.750. The van der Waals surface area contributed by atoms with E-state index in [2.05, 4.69) is 26.8 Å². The van der Waals surface area contributed by atoms with Crippen molar-refractivity contribution in [2.45, 2.75) is 26.9 Å². The molecule has 0 aromatic heterocycles. The quantitative estimate of drug-likeness (QED) is 0.451. The Morgan fingerprint density at radius 2 is 2.22 bits per heavy atom. The Bertz CT molecular complexity index is 127. The van der Waals surface area contributed by atoms with Gasteiger partial charge < -0.3 is 4.74 Å². The fourth-order valence-corrected chi connectivity index (χ4v) is 1.03. The average Bonchev–Trinajstić information content (AvgIpc) is 1.83. The van der Waals surface area contributed by atoms with Crippen LogP contribution >= 0.6 is 0 Å². The minimum Gasteiger partial charge on any atom is -0.374 e. The Morgan fingerprint density at radius 3 is 2.67 bits per heavy atom. The van der Waals surface area contributed by atoms with Gasteiger partial charge in [0.15, 0.2) is 0 Å². The van der Waals surface area contributed by atoms with Gasteiger partial charge in [0.25, 0.3) is 0 Å². The van der Waals surface area contributed by atoms with Crippen molar-refractivity contribution in [1.29, 1.82) is 0 Å². The summed E-state index contributed by atoms with van der Waals surface area (Å²) in [5.74, 6) is 0.610. The lowest BCUT2D eigenvalue weighted by Crippen LogP contribution is -2.23. The molecular formula is C8H14O. The van der Waals surface area contributed by atoms with Crippen LogP contribution in [0.5, 0.6) is 0 Å². The molecule has 0 bridgehead atoms. The molecule has 1 heterocycles. The van der Waals surface area contributed by atoms with Crippen LogP contribution in [-0.2, 0) is 4.74 Å². The highest BCUT2D eigenvalue weighted by Crippen LogP contribution is 2.20. The largest absolute Gasteiger partial charge is 0.374 e. The summed E-state index contributed by atoms with van der Waals surface area (Å²) in [6, 6.07) is 0. The van der Waals surface area contributed by atoms with Crippen molar-refractivity contribution in [2.75, 3.05) is 6.61 Å². The lowest BCUT2D eigenvalue weighted by molar-refractivity contribution is 0.0474. The summed E-state index contributed by atoms with van der Waals surface area (Å²) < 4.78 is 5.38. The van der Waals surface area contributed by atoms with Gasteiger partial charge in [-0.15, -0.1) is 0 Å². The van der Waals surface area contributed by atoms with Gasteiger partial charge in [0, 0.05) is 5.92 Å². The lowest BCUT2D eigenvalue weighted by atomic mass is 9.95. The first-order valence-electron chi connectivity index (χ1n) is 3.50. The molecule has 0 aromatic carbocycles. The fourth-order valence-electron chi connectivity index (χ4n) is 1.03. The maximum atomic E-state index is 5.38. The van der Waals surface area contributed by atoms with Gasteiger partial charge >= 0.3 is 0 Å². The molecule has 52 valence electrons. The number of hydrogen-bond donors (Lipinski definition) is 0. The van der Waals surface area contributed by atoms with Crippen LogP contribution < -0.4 is 0 Å². The van der Waals surface area contributed by atoms with Crippen LogP contribution in [0.3, 0.4) is 0 Å². The molecule has 0 saturated carbocycles. The second kappa shape index (κ2) is 2.53. The van der Waals surface area contributed by atoms with E-state index in [4.69, 9.17) is 4.74 Å². The van der Waals surface area contributed by atoms with Crippen molar-refractivity contribution >= 4 is 0 Å². The zero-order valence-corrected chi connectivity index (χ0v) is 6.35. The monoisotopic (exact) mass is 126 g/mol. The van der Waals surface area contributed by atoms with Gasteiger partial charge in [-0.25, -0.2) is 0 Å². The summed E-state index contributed by atoms with van der Waals surface area (Å²) in [7, 11) is 0. The van der Waals surface area contributed by atoms with Crippen molar-refractivity contribution in [3.05, 3.63) is 11.6 Å². The second-order valence-corrected chi connectivity index (χ2v) is 2.78. The molecule has 0 spiro atoms. The predicted octanol–water partition coefficient (Wildman–Crippen LogP) is 1.99. The highest BCUT2D eigenvalue weighted by Gasteiger charge is 2.16. The summed E-state index contributed by atoms with van der Waals surface area (Å²) in [5.41, 5.74) is 1.47. The molecule has 1 rings (SSSR count). The van der Waals surface area contributed by atoms with Crippen molar-refractivity contribution in [3.63, 3.8) is 0 Å². The van der Waals surface area contributed by atoms with E-state index in [1.54, 1.807) is 0 Å². The van der Waals surface area contributed by atoms with Crippen LogP contribution in [0.15, 0.2) is 11.6 Å². The Labute approximate surface area is 56.7 Å². The topological polar surface area (TPSA) is 9.23 Å². The van der Waals surface area contributed by atoms with Crippen LogP contribution in [0, 0.1) is 5.92 Å². The maximum absolute atomic E-state index is 5.38. The Morgan fingerprint density at radius 1 is 1.56 bits per heavy atom. The SMILES string of the molecule is CC1=CCO[C@@H](C)[C@H]1C. The Balaban J connectivity index is 2.62. The van der Waals surface area contributed by atoms with Gasteiger partial charge in [0.05, 0.1) is 12.7 Å². The second-order valence-electron chi connectivity index (χ2n) is 2.78. The average molecular weight is 126 g/mol. The van der Waals surface area contributed by atoms with Crippen molar-refractivity contribution in [1.82, 2.24) is 0 Å². The van der Waals surface area contributed by atoms with E-state index in [1.807, 2.05) is 0 Å². The van der Waals surface area contributed by atoms with E-state index in [0.29, 0.717) is 12.0 Å². The van der Waals surface area contributed by atoms with Crippen molar-refractivity contribution < 1.29 is 4.74 Å². The highest BCUT2D eigenvalue weighted by atomic mass is 16.5. The van der Waals surface area contributed by atoms with E-state index >= 15 is 0 Å². The van der Waals surface area contributed by atoms with E-state index in [1.165, 1.54) is 5.57 Å². The van der Waals surface area contributed by atoms with Gasteiger partial charge in [-0.3, -0.25) is 0 Å². The van der Waals surface area contributed by atoms with Crippen molar-refractivity contribution in [2.24, 2.45) is 5.92 Å². The van der Waals surface area contributed by atoms with Gasteiger partial charge in [-0.1, -0.05) is 18.6 Å². The molecule has 1 heteroatoms. The molecule has 2 atom stereocenters. The number of rotatable bonds is 0. The van der Waals surface area contributed by atoms with Crippen LogP contribution in [0.4, 0.5) is 0 Å². The molecule has 1 aliphatic rings. The molecule has 0 amide bonds. The lowest BCUT2D eigenvalue weighted by Gasteiger charge is -2.25. The van der Waals surface area contributed by atoms with Crippen LogP contribution in [0.2, 0.25) is 0 Å². The summed E-state index contributed by atoms with van der Waals surface area (Å²) >= 11 is 0. The van der Waals surface area contributed by atoms with Crippen LogP contribution in [0.1, 0.15) is 20.8 Å². The first-order valence-corrected chi connectivity index (χ1v) is 3.50. The molecule has 1 nitrogen and oxygen atoms in total. The minimum absolute atomic E-state index is 0.412. The van der Waals surface area contributed by atoms with E-state index in [-0.39, 0.29) is 0 Å². The highest BCUT2D eigenvalue weighted by molar-refractivity contribution is 5.06. The first kappa shape index (κ1) is 6.81. The summed E-state index contributed by atoms with van der Waals surface area (Å²) in [6.45, 7) is 7.30. The Kier molecular flexibility index (Phi) is 1.91. The molecule has 0 saturated heterocycles. The molecule has 0 N–H and O–H groups in total. The smallest absolute Gasteiger partial charge is 0.0654 e. The molecular weight excluding hydrogens is 112 g/mol. The molecule has 9 heavy (non-hydrogen) atoms. The third-order valence-corrected chi connectivity index (χ3v) is 2.19. The van der Waals surface area contributed by atoms with E-state index < -0.39 is 0 Å². The van der Waals surface area contributed by atoms with Gasteiger partial charge in [-0.05, 0) is 13.8 Å². The molecule has 0 unspecified atom stereocenters.